The van der Waals surface area contributed by atoms with Crippen molar-refractivity contribution in [3.05, 3.63) is 75.3 Å². The molecule has 1 aliphatic carbocycles. The highest BCUT2D eigenvalue weighted by Gasteiger charge is 2.54. The maximum absolute atomic E-state index is 13.5. The predicted molar refractivity (Wildman–Crippen MR) is 168 cm³/mol. The number of aliphatic hydroxyl groups excluding tert-OH is 2. The van der Waals surface area contributed by atoms with Gasteiger partial charge < -0.3 is 20.4 Å². The molecule has 0 bridgehead atoms. The molecular formula is C34H40BrNO7. The fourth-order valence-electron chi connectivity index (χ4n) is 6.54. The molecule has 1 fully saturated rings. The third kappa shape index (κ3) is 7.63. The number of phenolic OH excluding ortho intramolecular Hbond substituents is 1. The highest BCUT2D eigenvalue weighted by molar-refractivity contribution is 9.10. The molecule has 0 spiro atoms. The van der Waals surface area contributed by atoms with Gasteiger partial charge in [-0.05, 0) is 79.5 Å². The first-order valence-electron chi connectivity index (χ1n) is 15.0. The zero-order chi connectivity index (χ0) is 31.1. The highest BCUT2D eigenvalue weighted by Crippen LogP contribution is 2.47. The van der Waals surface area contributed by atoms with Gasteiger partial charge in [-0.2, -0.15) is 0 Å². The second-order valence-electron chi connectivity index (χ2n) is 11.4. The van der Waals surface area contributed by atoms with Crippen molar-refractivity contribution in [1.82, 2.24) is 4.90 Å². The van der Waals surface area contributed by atoms with Crippen LogP contribution in [-0.2, 0) is 14.4 Å². The van der Waals surface area contributed by atoms with Crippen molar-refractivity contribution in [2.24, 2.45) is 17.8 Å². The summed E-state index contributed by atoms with van der Waals surface area (Å²) in [5.74, 6) is -3.23. The summed E-state index contributed by atoms with van der Waals surface area (Å²) in [6.45, 7) is 1.84. The molecule has 2 aromatic rings. The Labute approximate surface area is 260 Å². The third-order valence-corrected chi connectivity index (χ3v) is 9.17. The van der Waals surface area contributed by atoms with Crippen molar-refractivity contribution in [1.29, 1.82) is 0 Å². The van der Waals surface area contributed by atoms with E-state index in [1.807, 2.05) is 49.4 Å². The van der Waals surface area contributed by atoms with Gasteiger partial charge in [-0.3, -0.25) is 19.3 Å². The number of imide groups is 1. The molecule has 1 saturated heterocycles. The van der Waals surface area contributed by atoms with Crippen LogP contribution in [0.1, 0.15) is 69.4 Å². The van der Waals surface area contributed by atoms with Crippen molar-refractivity contribution in [3.63, 3.8) is 0 Å². The molecule has 4 N–H and O–H groups in total. The number of phenols is 1. The molecule has 2 aromatic carbocycles. The largest absolute Gasteiger partial charge is 0.507 e. The van der Waals surface area contributed by atoms with E-state index in [4.69, 9.17) is 5.11 Å². The van der Waals surface area contributed by atoms with E-state index in [0.717, 1.165) is 21.2 Å². The van der Waals surface area contributed by atoms with Gasteiger partial charge in [0.1, 0.15) is 5.75 Å². The molecule has 4 rings (SSSR count). The van der Waals surface area contributed by atoms with Crippen molar-refractivity contribution in [2.75, 3.05) is 13.2 Å². The molecule has 43 heavy (non-hydrogen) atoms. The van der Waals surface area contributed by atoms with E-state index in [1.165, 1.54) is 4.90 Å². The van der Waals surface area contributed by atoms with Crippen molar-refractivity contribution in [3.8, 4) is 5.75 Å². The molecule has 0 radical (unpaired) electrons. The SMILES string of the molecule is CCC1=C([C@H](O)CC/C(=C/c2cc(Br)ccc2O)c2ccccc2)[C@H](CO)[C@@H]2C(=O)N(CCCCCC(=O)O)C(=O)[C@@H]2C1. The van der Waals surface area contributed by atoms with Crippen LogP contribution in [0.4, 0.5) is 0 Å². The van der Waals surface area contributed by atoms with Crippen LogP contribution in [0.2, 0.25) is 0 Å². The number of carboxylic acid groups (broad SMARTS) is 1. The topological polar surface area (TPSA) is 135 Å². The predicted octanol–water partition coefficient (Wildman–Crippen LogP) is 5.80. The molecule has 230 valence electrons. The van der Waals surface area contributed by atoms with E-state index in [2.05, 4.69) is 15.9 Å². The number of likely N-dealkylation sites (tertiary alicyclic amines) is 1. The quantitative estimate of drug-likeness (QED) is 0.0875. The zero-order valence-corrected chi connectivity index (χ0v) is 26.0. The Morgan fingerprint density at radius 1 is 1.07 bits per heavy atom. The fourth-order valence-corrected chi connectivity index (χ4v) is 6.91. The van der Waals surface area contributed by atoms with Gasteiger partial charge in [0.05, 0.1) is 24.5 Å². The molecule has 4 atom stereocenters. The Morgan fingerprint density at radius 3 is 2.49 bits per heavy atom. The highest BCUT2D eigenvalue weighted by atomic mass is 79.9. The molecule has 0 aromatic heterocycles. The first kappa shape index (κ1) is 32.6. The number of nitrogens with zero attached hydrogens (tertiary/aromatic N) is 1. The first-order valence-corrected chi connectivity index (χ1v) is 15.8. The van der Waals surface area contributed by atoms with Crippen LogP contribution in [0, 0.1) is 17.8 Å². The summed E-state index contributed by atoms with van der Waals surface area (Å²) < 4.78 is 0.828. The van der Waals surface area contributed by atoms with Gasteiger partial charge in [0.15, 0.2) is 0 Å². The average Bonchev–Trinajstić information content (AvgIpc) is 3.24. The number of carboxylic acids is 1. The summed E-state index contributed by atoms with van der Waals surface area (Å²) in [4.78, 5) is 38.9. The number of carbonyl (C=O) groups is 3. The summed E-state index contributed by atoms with van der Waals surface area (Å²) in [6, 6.07) is 15.0. The zero-order valence-electron chi connectivity index (χ0n) is 24.4. The molecule has 0 saturated carbocycles. The number of rotatable bonds is 14. The van der Waals surface area contributed by atoms with E-state index < -0.39 is 29.8 Å². The van der Waals surface area contributed by atoms with E-state index >= 15 is 0 Å². The van der Waals surface area contributed by atoms with E-state index in [0.29, 0.717) is 56.1 Å². The van der Waals surface area contributed by atoms with Gasteiger partial charge in [-0.25, -0.2) is 0 Å². The number of allylic oxidation sites excluding steroid dienone is 2. The van der Waals surface area contributed by atoms with Crippen LogP contribution in [0.5, 0.6) is 5.75 Å². The minimum absolute atomic E-state index is 0.0516. The summed E-state index contributed by atoms with van der Waals surface area (Å²) in [7, 11) is 0. The second-order valence-corrected chi connectivity index (χ2v) is 12.3. The van der Waals surface area contributed by atoms with Gasteiger partial charge in [0, 0.05) is 28.9 Å². The first-order chi connectivity index (χ1) is 20.7. The van der Waals surface area contributed by atoms with Crippen LogP contribution in [0.25, 0.3) is 11.6 Å². The minimum atomic E-state index is -0.927. The standard InChI is InChI=1S/C34H40BrNO7/c1-2-21-19-26-32(34(43)36(33(26)42)16-8-4-7-11-30(40)41)27(20-37)31(21)29(39)14-12-23(22-9-5-3-6-10-22)17-24-18-25(35)13-15-28(24)38/h3,5-6,9-10,13,15,17-18,26-27,29,32,37-39H,2,4,7-8,11-12,14,16,19-20H2,1H3,(H,40,41)/b23-17-/t26-,27+,29-,32-/m1/s1. The lowest BCUT2D eigenvalue weighted by Crippen LogP contribution is -2.39. The Morgan fingerprint density at radius 2 is 1.81 bits per heavy atom. The number of aromatic hydroxyl groups is 1. The van der Waals surface area contributed by atoms with Crippen LogP contribution in [-0.4, -0.2) is 62.4 Å². The molecule has 0 unspecified atom stereocenters. The van der Waals surface area contributed by atoms with E-state index in [9.17, 15) is 29.7 Å². The molecule has 1 heterocycles. The van der Waals surface area contributed by atoms with Gasteiger partial charge in [-0.1, -0.05) is 65.2 Å². The smallest absolute Gasteiger partial charge is 0.303 e. The molecule has 2 amide bonds. The fraction of sp³-hybridized carbons (Fsp3) is 0.441. The van der Waals surface area contributed by atoms with Crippen LogP contribution in [0.15, 0.2) is 64.1 Å². The van der Waals surface area contributed by atoms with Crippen molar-refractivity contribution in [2.45, 2.75) is 64.4 Å². The lowest BCUT2D eigenvalue weighted by molar-refractivity contribution is -0.141. The molecule has 9 heteroatoms. The number of fused-ring (bicyclic) bond motifs is 1. The monoisotopic (exact) mass is 653 g/mol. The number of amides is 2. The summed E-state index contributed by atoms with van der Waals surface area (Å²) in [5, 5.41) is 41.5. The molecule has 8 nitrogen and oxygen atoms in total. The number of aliphatic hydroxyl groups is 2. The maximum atomic E-state index is 13.5. The maximum Gasteiger partial charge on any atom is 0.303 e. The Balaban J connectivity index is 1.54. The number of carbonyl (C=O) groups excluding carboxylic acids is 2. The van der Waals surface area contributed by atoms with E-state index in [-0.39, 0.29) is 37.1 Å². The number of hydrogen-bond donors (Lipinski definition) is 4. The van der Waals surface area contributed by atoms with Crippen LogP contribution >= 0.6 is 15.9 Å². The summed E-state index contributed by atoms with van der Waals surface area (Å²) in [5.41, 5.74) is 4.09. The number of halogens is 1. The van der Waals surface area contributed by atoms with Crippen molar-refractivity contribution >= 4 is 45.4 Å². The van der Waals surface area contributed by atoms with Gasteiger partial charge in [-0.15, -0.1) is 0 Å². The van der Waals surface area contributed by atoms with Crippen molar-refractivity contribution < 1.29 is 34.8 Å². The minimum Gasteiger partial charge on any atom is -0.507 e. The number of unbranched alkanes of at least 4 members (excludes halogenated alkanes) is 2. The average molecular weight is 655 g/mol. The Bertz CT molecular complexity index is 1390. The molecular weight excluding hydrogens is 614 g/mol. The number of hydrogen-bond acceptors (Lipinski definition) is 6. The Kier molecular flexibility index (Phi) is 11.3. The normalized spacial score (nSPS) is 21.3. The molecule has 1 aliphatic heterocycles. The molecule has 2 aliphatic rings. The van der Waals surface area contributed by atoms with Gasteiger partial charge in [0.2, 0.25) is 11.8 Å². The van der Waals surface area contributed by atoms with E-state index in [1.54, 1.807) is 12.1 Å². The van der Waals surface area contributed by atoms with Crippen LogP contribution < -0.4 is 0 Å². The second kappa shape index (κ2) is 14.9. The lowest BCUT2D eigenvalue weighted by atomic mass is 9.67. The number of aliphatic carboxylic acids is 1. The third-order valence-electron chi connectivity index (χ3n) is 8.68. The van der Waals surface area contributed by atoms with Crippen LogP contribution in [0.3, 0.4) is 0 Å². The summed E-state index contributed by atoms with van der Waals surface area (Å²) in [6.07, 6.45) is 4.41. The summed E-state index contributed by atoms with van der Waals surface area (Å²) >= 11 is 3.46. The van der Waals surface area contributed by atoms with Gasteiger partial charge in [0.25, 0.3) is 0 Å². The lowest BCUT2D eigenvalue weighted by Gasteiger charge is -2.36. The van der Waals surface area contributed by atoms with Gasteiger partial charge >= 0.3 is 5.97 Å². The number of benzene rings is 2. The Hall–Kier alpha value is -3.27.